The molecule has 0 fully saturated rings. The molecule has 2 aliphatic rings. The maximum atomic E-state index is 12.8. The van der Waals surface area contributed by atoms with E-state index in [0.717, 1.165) is 0 Å². The van der Waals surface area contributed by atoms with E-state index < -0.39 is 23.3 Å². The molecule has 1 aromatic carbocycles. The van der Waals surface area contributed by atoms with Gasteiger partial charge in [-0.1, -0.05) is 43.6 Å². The smallest absolute Gasteiger partial charge is 0.363 e. The van der Waals surface area contributed by atoms with Gasteiger partial charge >= 0.3 is 17.9 Å². The van der Waals surface area contributed by atoms with Crippen molar-refractivity contribution in [3.8, 4) is 0 Å². The molecule has 3 rings (SSSR count). The van der Waals surface area contributed by atoms with E-state index in [0.29, 0.717) is 22.8 Å². The first kappa shape index (κ1) is 19.2. The average molecular weight is 390 g/mol. The number of ether oxygens (including phenoxy) is 1. The summed E-state index contributed by atoms with van der Waals surface area (Å²) in [6.45, 7) is 7.35. The topological polar surface area (TPSA) is 83.9 Å². The van der Waals surface area contributed by atoms with E-state index in [4.69, 9.17) is 16.3 Å². The van der Waals surface area contributed by atoms with Crippen LogP contribution in [0.25, 0.3) is 0 Å². The Morgan fingerprint density at radius 1 is 1.26 bits per heavy atom. The Morgan fingerprint density at radius 2 is 1.89 bits per heavy atom. The van der Waals surface area contributed by atoms with Gasteiger partial charge in [0.1, 0.15) is 5.70 Å². The number of likely N-dealkylation sites (N-methyl/N-ethyl adjacent to an activating group) is 1. The highest BCUT2D eigenvalue weighted by Crippen LogP contribution is 2.55. The first-order chi connectivity index (χ1) is 12.7. The summed E-state index contributed by atoms with van der Waals surface area (Å²) in [7, 11) is 0. The summed E-state index contributed by atoms with van der Waals surface area (Å²) in [6, 6.07) is 6.80. The normalized spacial score (nSPS) is 22.5. The van der Waals surface area contributed by atoms with Crippen LogP contribution in [0.5, 0.6) is 0 Å². The molecule has 0 aromatic heterocycles. The number of hydrogen-bond donors (Lipinski definition) is 1. The highest BCUT2D eigenvalue weighted by Gasteiger charge is 2.59. The number of carboxylic acid groups (broad SMARTS) is 1. The number of carbonyl (C=O) groups excluding carboxylic acids is 2. The molecule has 1 unspecified atom stereocenters. The standard InChI is InChI=1S/C20H20ClNO5/c1-5-22-11(4)14(17(23)24)20(10(2)3,12-8-6-7-9-13(12)21)15-16(22)19(26)27-18(15)25/h6-10H,5H2,1-4H3,(H,23,24). The summed E-state index contributed by atoms with van der Waals surface area (Å²) in [5.74, 6) is -3.15. The number of carbonyl (C=O) groups is 3. The third-order valence-corrected chi connectivity index (χ3v) is 5.67. The van der Waals surface area contributed by atoms with Gasteiger partial charge in [0.15, 0.2) is 0 Å². The zero-order valence-corrected chi connectivity index (χ0v) is 16.3. The number of nitrogens with zero attached hydrogens (tertiary/aromatic N) is 1. The van der Waals surface area contributed by atoms with Gasteiger partial charge in [-0.3, -0.25) is 0 Å². The maximum Gasteiger partial charge on any atom is 0.363 e. The SMILES string of the molecule is CCN1C(C)=C(C(=O)O)C(c2ccccc2Cl)(C(C)C)C2=C1C(=O)OC2=O. The average Bonchev–Trinajstić information content (AvgIpc) is 2.88. The maximum absolute atomic E-state index is 12.8. The second kappa shape index (κ2) is 6.53. The predicted molar refractivity (Wildman–Crippen MR) is 98.8 cm³/mol. The summed E-state index contributed by atoms with van der Waals surface area (Å²) in [5.41, 5.74) is -0.382. The number of aliphatic carboxylic acids is 1. The molecule has 0 radical (unpaired) electrons. The molecule has 0 saturated carbocycles. The summed E-state index contributed by atoms with van der Waals surface area (Å²) in [4.78, 5) is 39.2. The van der Waals surface area contributed by atoms with Gasteiger partial charge in [0.05, 0.1) is 16.6 Å². The number of benzene rings is 1. The molecule has 1 N–H and O–H groups in total. The Labute approximate surface area is 162 Å². The molecule has 2 heterocycles. The molecule has 142 valence electrons. The molecule has 0 aliphatic carbocycles. The summed E-state index contributed by atoms with van der Waals surface area (Å²) < 4.78 is 4.93. The van der Waals surface area contributed by atoms with Crippen molar-refractivity contribution >= 4 is 29.5 Å². The molecule has 0 amide bonds. The van der Waals surface area contributed by atoms with Crippen molar-refractivity contribution in [2.45, 2.75) is 33.1 Å². The molecule has 6 nitrogen and oxygen atoms in total. The fourth-order valence-corrected chi connectivity index (χ4v) is 4.63. The summed E-state index contributed by atoms with van der Waals surface area (Å²) in [5, 5.41) is 10.5. The van der Waals surface area contributed by atoms with Crippen LogP contribution in [-0.4, -0.2) is 34.5 Å². The minimum Gasteiger partial charge on any atom is -0.478 e. The molecule has 2 aliphatic heterocycles. The number of rotatable bonds is 4. The van der Waals surface area contributed by atoms with Gasteiger partial charge in [-0.15, -0.1) is 0 Å². The zero-order valence-electron chi connectivity index (χ0n) is 15.5. The van der Waals surface area contributed by atoms with E-state index in [9.17, 15) is 19.5 Å². The van der Waals surface area contributed by atoms with Gasteiger partial charge in [0.25, 0.3) is 0 Å². The number of cyclic esters (lactones) is 2. The van der Waals surface area contributed by atoms with E-state index in [1.165, 1.54) is 4.90 Å². The lowest BCUT2D eigenvalue weighted by molar-refractivity contribution is -0.151. The van der Waals surface area contributed by atoms with Crippen molar-refractivity contribution in [3.63, 3.8) is 0 Å². The van der Waals surface area contributed by atoms with Crippen LogP contribution in [0.3, 0.4) is 0 Å². The van der Waals surface area contributed by atoms with Crippen molar-refractivity contribution in [3.05, 3.63) is 57.4 Å². The molecule has 1 aromatic rings. The first-order valence-corrected chi connectivity index (χ1v) is 9.05. The monoisotopic (exact) mass is 389 g/mol. The lowest BCUT2D eigenvalue weighted by Gasteiger charge is -2.45. The first-order valence-electron chi connectivity index (χ1n) is 8.67. The van der Waals surface area contributed by atoms with Gasteiger partial charge < -0.3 is 14.7 Å². The third kappa shape index (κ3) is 2.43. The zero-order chi connectivity index (χ0) is 20.1. The van der Waals surface area contributed by atoms with Crippen LogP contribution in [0.2, 0.25) is 5.02 Å². The molecule has 0 spiro atoms. The van der Waals surface area contributed by atoms with Crippen LogP contribution in [-0.2, 0) is 24.5 Å². The van der Waals surface area contributed by atoms with Crippen molar-refractivity contribution in [1.82, 2.24) is 4.90 Å². The summed E-state index contributed by atoms with van der Waals surface area (Å²) in [6.07, 6.45) is 0. The number of halogens is 1. The molecule has 0 saturated heterocycles. The van der Waals surface area contributed by atoms with E-state index >= 15 is 0 Å². The van der Waals surface area contributed by atoms with E-state index in [2.05, 4.69) is 0 Å². The van der Waals surface area contributed by atoms with Crippen LogP contribution in [0.1, 0.15) is 33.3 Å². The highest BCUT2D eigenvalue weighted by molar-refractivity contribution is 6.32. The fourth-order valence-electron chi connectivity index (χ4n) is 4.35. The Bertz CT molecular complexity index is 930. The Kier molecular flexibility index (Phi) is 4.64. The quantitative estimate of drug-likeness (QED) is 0.628. The highest BCUT2D eigenvalue weighted by atomic mass is 35.5. The molecular formula is C20H20ClNO5. The van der Waals surface area contributed by atoms with Crippen molar-refractivity contribution < 1.29 is 24.2 Å². The van der Waals surface area contributed by atoms with Gasteiger partial charge in [-0.25, -0.2) is 14.4 Å². The third-order valence-electron chi connectivity index (χ3n) is 5.34. The number of esters is 2. The second-order valence-electron chi connectivity index (χ2n) is 6.85. The fraction of sp³-hybridized carbons (Fsp3) is 0.350. The number of allylic oxidation sites excluding steroid dienone is 1. The predicted octanol–water partition coefficient (Wildman–Crippen LogP) is 3.27. The van der Waals surface area contributed by atoms with Gasteiger partial charge in [-0.2, -0.15) is 0 Å². The van der Waals surface area contributed by atoms with Crippen molar-refractivity contribution in [2.24, 2.45) is 5.92 Å². The molecule has 0 bridgehead atoms. The van der Waals surface area contributed by atoms with Crippen molar-refractivity contribution in [2.75, 3.05) is 6.54 Å². The summed E-state index contributed by atoms with van der Waals surface area (Å²) >= 11 is 6.46. The largest absolute Gasteiger partial charge is 0.478 e. The lowest BCUT2D eigenvalue weighted by Crippen LogP contribution is -2.48. The molecule has 1 atom stereocenters. The minimum absolute atomic E-state index is 0.0258. The molecule has 27 heavy (non-hydrogen) atoms. The molecule has 7 heteroatoms. The van der Waals surface area contributed by atoms with Crippen LogP contribution >= 0.6 is 11.6 Å². The van der Waals surface area contributed by atoms with Crippen molar-refractivity contribution in [1.29, 1.82) is 0 Å². The number of hydrogen-bond acceptors (Lipinski definition) is 5. The van der Waals surface area contributed by atoms with E-state index in [1.807, 2.05) is 13.8 Å². The number of carboxylic acids is 1. The minimum atomic E-state index is -1.40. The lowest BCUT2D eigenvalue weighted by atomic mass is 9.59. The second-order valence-corrected chi connectivity index (χ2v) is 7.26. The van der Waals surface area contributed by atoms with Gasteiger partial charge in [0.2, 0.25) is 0 Å². The van der Waals surface area contributed by atoms with Crippen LogP contribution in [0.15, 0.2) is 46.8 Å². The molecular weight excluding hydrogens is 370 g/mol. The van der Waals surface area contributed by atoms with Gasteiger partial charge in [-0.05, 0) is 31.4 Å². The Balaban J connectivity index is 2.55. The van der Waals surface area contributed by atoms with Crippen LogP contribution in [0, 0.1) is 5.92 Å². The van der Waals surface area contributed by atoms with Gasteiger partial charge in [0, 0.05) is 17.3 Å². The van der Waals surface area contributed by atoms with E-state index in [-0.39, 0.29) is 22.8 Å². The van der Waals surface area contributed by atoms with Crippen LogP contribution < -0.4 is 0 Å². The Hall–Kier alpha value is -2.60. The Morgan fingerprint density at radius 3 is 2.41 bits per heavy atom. The van der Waals surface area contributed by atoms with E-state index in [1.54, 1.807) is 38.1 Å². The van der Waals surface area contributed by atoms with Crippen LogP contribution in [0.4, 0.5) is 0 Å².